The van der Waals surface area contributed by atoms with Crippen LogP contribution in [0, 0.1) is 40.4 Å². The third-order valence-electron chi connectivity index (χ3n) is 11.1. The summed E-state index contributed by atoms with van der Waals surface area (Å²) in [5.74, 6) is 4.61. The van der Waals surface area contributed by atoms with Gasteiger partial charge in [0.2, 0.25) is 5.91 Å². The van der Waals surface area contributed by atoms with E-state index in [1.54, 1.807) is 6.92 Å². The molecule has 166 valence electrons. The summed E-state index contributed by atoms with van der Waals surface area (Å²) in [5, 5.41) is 0. The van der Waals surface area contributed by atoms with E-state index in [0.717, 1.165) is 29.7 Å². The summed E-state index contributed by atoms with van der Waals surface area (Å²) in [4.78, 5) is 16.5. The lowest BCUT2D eigenvalue weighted by Crippen LogP contribution is -2.56. The van der Waals surface area contributed by atoms with Gasteiger partial charge in [0.25, 0.3) is 0 Å². The molecule has 29 heavy (non-hydrogen) atoms. The van der Waals surface area contributed by atoms with E-state index in [2.05, 4.69) is 39.8 Å². The molecule has 0 radical (unpaired) electrons. The highest BCUT2D eigenvalue weighted by Gasteiger charge is 2.61. The highest BCUT2D eigenvalue weighted by Crippen LogP contribution is 2.68. The highest BCUT2D eigenvalue weighted by molar-refractivity contribution is 5.73. The van der Waals surface area contributed by atoms with E-state index in [-0.39, 0.29) is 5.91 Å². The Morgan fingerprint density at radius 2 is 1.55 bits per heavy atom. The van der Waals surface area contributed by atoms with Crippen molar-refractivity contribution in [2.75, 3.05) is 21.1 Å². The first kappa shape index (κ1) is 21.7. The Hall–Kier alpha value is -0.570. The quantitative estimate of drug-likeness (QED) is 0.627. The monoisotopic (exact) mass is 402 g/mol. The minimum absolute atomic E-state index is 0.226. The van der Waals surface area contributed by atoms with E-state index in [9.17, 15) is 4.79 Å². The van der Waals surface area contributed by atoms with Crippen LogP contribution in [0.1, 0.15) is 85.5 Å². The molecular weight excluding hydrogens is 356 g/mol. The van der Waals surface area contributed by atoms with Crippen LogP contribution in [0.2, 0.25) is 0 Å². The van der Waals surface area contributed by atoms with Crippen LogP contribution < -0.4 is 0 Å². The van der Waals surface area contributed by atoms with Crippen molar-refractivity contribution in [1.29, 1.82) is 0 Å². The average Bonchev–Trinajstić information content (AvgIpc) is 3.03. The molecule has 2 unspecified atom stereocenters. The molecule has 0 aromatic rings. The Bertz CT molecular complexity index is 632. The van der Waals surface area contributed by atoms with Crippen LogP contribution in [0.3, 0.4) is 0 Å². The molecule has 4 fully saturated rings. The van der Waals surface area contributed by atoms with E-state index in [1.165, 1.54) is 57.8 Å². The lowest BCUT2D eigenvalue weighted by molar-refractivity contribution is -0.135. The maximum atomic E-state index is 12.0. The fourth-order valence-electron chi connectivity index (χ4n) is 9.09. The number of nitrogens with zero attached hydrogens (tertiary/aromatic N) is 2. The lowest BCUT2D eigenvalue weighted by Gasteiger charge is -2.62. The van der Waals surface area contributed by atoms with E-state index in [4.69, 9.17) is 0 Å². The van der Waals surface area contributed by atoms with Gasteiger partial charge in [0.05, 0.1) is 0 Å². The third kappa shape index (κ3) is 3.29. The SMILES string of the molecule is CC(=O)N(C)C(C)C1CC[C@H]2[C@@H]3CC[C@H]4C[C@@H](N(C)C)CC[C@]4(C)[C@H]3CC[C@]12C. The second kappa shape index (κ2) is 7.53. The predicted molar refractivity (Wildman–Crippen MR) is 121 cm³/mol. The van der Waals surface area contributed by atoms with Crippen molar-refractivity contribution in [2.45, 2.75) is 97.6 Å². The van der Waals surface area contributed by atoms with E-state index in [1.807, 2.05) is 11.9 Å². The van der Waals surface area contributed by atoms with Gasteiger partial charge >= 0.3 is 0 Å². The molecule has 3 heteroatoms. The first-order valence-electron chi connectivity index (χ1n) is 12.5. The Balaban J connectivity index is 1.53. The molecule has 0 aromatic heterocycles. The van der Waals surface area contributed by atoms with Gasteiger partial charge in [0, 0.05) is 26.1 Å². The average molecular weight is 403 g/mol. The molecule has 0 aliphatic heterocycles. The van der Waals surface area contributed by atoms with Gasteiger partial charge in [0.15, 0.2) is 0 Å². The Morgan fingerprint density at radius 3 is 2.21 bits per heavy atom. The predicted octanol–water partition coefficient (Wildman–Crippen LogP) is 5.44. The minimum atomic E-state index is 0.226. The van der Waals surface area contributed by atoms with Gasteiger partial charge in [-0.25, -0.2) is 0 Å². The standard InChI is InChI=1S/C26H46N2O/c1-17(28(7)18(2)29)22-10-11-23-21-9-8-19-16-20(27(5)6)12-14-25(19,3)24(21)13-15-26(22,23)4/h17,19-24H,8-16H2,1-7H3/t17?,19-,20-,21-,22?,23-,24-,25-,26+/m0/s1. The molecule has 4 aliphatic carbocycles. The summed E-state index contributed by atoms with van der Waals surface area (Å²) in [5.41, 5.74) is 1.02. The summed E-state index contributed by atoms with van der Waals surface area (Å²) in [7, 11) is 6.58. The number of amides is 1. The topological polar surface area (TPSA) is 23.6 Å². The number of hydrogen-bond acceptors (Lipinski definition) is 2. The Kier molecular flexibility index (Phi) is 5.63. The van der Waals surface area contributed by atoms with E-state index in [0.29, 0.717) is 22.8 Å². The number of hydrogen-bond donors (Lipinski definition) is 0. The van der Waals surface area contributed by atoms with Gasteiger partial charge in [-0.05, 0) is 119 Å². The molecule has 4 rings (SSSR count). The van der Waals surface area contributed by atoms with Gasteiger partial charge in [-0.15, -0.1) is 0 Å². The van der Waals surface area contributed by atoms with Crippen LogP contribution >= 0.6 is 0 Å². The second-order valence-corrected chi connectivity index (χ2v) is 12.1. The van der Waals surface area contributed by atoms with E-state index >= 15 is 0 Å². The largest absolute Gasteiger partial charge is 0.343 e. The van der Waals surface area contributed by atoms with Crippen molar-refractivity contribution in [2.24, 2.45) is 40.4 Å². The van der Waals surface area contributed by atoms with Crippen LogP contribution in [-0.2, 0) is 4.79 Å². The maximum absolute atomic E-state index is 12.0. The first-order chi connectivity index (χ1) is 13.6. The van der Waals surface area contributed by atoms with Gasteiger partial charge in [-0.3, -0.25) is 4.79 Å². The van der Waals surface area contributed by atoms with Crippen molar-refractivity contribution in [3.8, 4) is 0 Å². The molecule has 4 aliphatic rings. The third-order valence-corrected chi connectivity index (χ3v) is 11.1. The number of rotatable bonds is 3. The molecule has 0 aromatic carbocycles. The molecule has 0 bridgehead atoms. The molecule has 0 saturated heterocycles. The van der Waals surface area contributed by atoms with E-state index < -0.39 is 0 Å². The van der Waals surface area contributed by atoms with Crippen LogP contribution in [0.15, 0.2) is 0 Å². The van der Waals surface area contributed by atoms with Crippen molar-refractivity contribution in [3.05, 3.63) is 0 Å². The first-order valence-corrected chi connectivity index (χ1v) is 12.5. The van der Waals surface area contributed by atoms with Crippen LogP contribution in [0.25, 0.3) is 0 Å². The second-order valence-electron chi connectivity index (χ2n) is 12.1. The van der Waals surface area contributed by atoms with Crippen molar-refractivity contribution < 1.29 is 4.79 Å². The molecule has 1 amide bonds. The molecule has 4 saturated carbocycles. The molecule has 0 N–H and O–H groups in total. The van der Waals surface area contributed by atoms with Gasteiger partial charge in [0.1, 0.15) is 0 Å². The lowest BCUT2D eigenvalue weighted by atomic mass is 9.44. The van der Waals surface area contributed by atoms with Crippen molar-refractivity contribution >= 4 is 5.91 Å². The van der Waals surface area contributed by atoms with Crippen molar-refractivity contribution in [3.63, 3.8) is 0 Å². The molecular formula is C26H46N2O. The maximum Gasteiger partial charge on any atom is 0.219 e. The molecule has 0 spiro atoms. The zero-order valence-corrected chi connectivity index (χ0v) is 20.2. The van der Waals surface area contributed by atoms with Crippen LogP contribution in [0.4, 0.5) is 0 Å². The number of carbonyl (C=O) groups excluding carboxylic acids is 1. The minimum Gasteiger partial charge on any atom is -0.343 e. The summed E-state index contributed by atoms with van der Waals surface area (Å²) in [6, 6.07) is 1.18. The molecule has 0 heterocycles. The van der Waals surface area contributed by atoms with Gasteiger partial charge < -0.3 is 9.80 Å². The fraction of sp³-hybridized carbons (Fsp3) is 0.962. The fourth-order valence-corrected chi connectivity index (χ4v) is 9.09. The molecule has 3 nitrogen and oxygen atoms in total. The Morgan fingerprint density at radius 1 is 0.897 bits per heavy atom. The number of carbonyl (C=O) groups is 1. The van der Waals surface area contributed by atoms with Gasteiger partial charge in [-0.2, -0.15) is 0 Å². The summed E-state index contributed by atoms with van der Waals surface area (Å²) < 4.78 is 0. The summed E-state index contributed by atoms with van der Waals surface area (Å²) in [6.07, 6.45) is 12.7. The normalized spacial score (nSPS) is 47.9. The van der Waals surface area contributed by atoms with Crippen LogP contribution in [0.5, 0.6) is 0 Å². The number of fused-ring (bicyclic) bond motifs is 5. The zero-order valence-electron chi connectivity index (χ0n) is 20.2. The van der Waals surface area contributed by atoms with Gasteiger partial charge in [-0.1, -0.05) is 13.8 Å². The smallest absolute Gasteiger partial charge is 0.219 e. The summed E-state index contributed by atoms with van der Waals surface area (Å²) in [6.45, 7) is 9.33. The van der Waals surface area contributed by atoms with Crippen LogP contribution in [-0.4, -0.2) is 48.9 Å². The van der Waals surface area contributed by atoms with Crippen molar-refractivity contribution in [1.82, 2.24) is 9.80 Å². The highest BCUT2D eigenvalue weighted by atomic mass is 16.2. The zero-order chi connectivity index (χ0) is 21.1. The summed E-state index contributed by atoms with van der Waals surface area (Å²) >= 11 is 0. The Labute approximate surface area is 180 Å². The molecule has 9 atom stereocenters.